The standard InChI is InChI=1S/C22H23N3O5/c1-14-8-9-18(10-15(14)2)25-12-17(11-20(25)27)22(29)30-13-19(26)23-24-21(28)16-6-4-3-5-7-16/h3-10,17H,11-13H2,1-2H3,(H,23,26)(H,24,28)/t17-/m1/s1. The molecule has 3 amide bonds. The van der Waals surface area contributed by atoms with Crippen molar-refractivity contribution in [1.29, 1.82) is 0 Å². The van der Waals surface area contributed by atoms with Crippen LogP contribution in [0.2, 0.25) is 0 Å². The summed E-state index contributed by atoms with van der Waals surface area (Å²) < 4.78 is 5.02. The normalized spacial score (nSPS) is 15.6. The summed E-state index contributed by atoms with van der Waals surface area (Å²) in [6.07, 6.45) is 0.0259. The molecule has 3 rings (SSSR count). The average molecular weight is 409 g/mol. The fourth-order valence-electron chi connectivity index (χ4n) is 3.09. The molecular formula is C22H23N3O5. The zero-order valence-corrected chi connectivity index (χ0v) is 16.8. The minimum Gasteiger partial charge on any atom is -0.455 e. The first-order chi connectivity index (χ1) is 14.3. The maximum Gasteiger partial charge on any atom is 0.311 e. The molecule has 156 valence electrons. The number of amides is 3. The van der Waals surface area contributed by atoms with Crippen LogP contribution in [0.5, 0.6) is 0 Å². The lowest BCUT2D eigenvalue weighted by Gasteiger charge is -2.17. The number of ether oxygens (including phenoxy) is 1. The van der Waals surface area contributed by atoms with Gasteiger partial charge in [0.1, 0.15) is 0 Å². The van der Waals surface area contributed by atoms with E-state index < -0.39 is 30.3 Å². The molecule has 8 heteroatoms. The summed E-state index contributed by atoms with van der Waals surface area (Å²) in [5.41, 5.74) is 7.72. The molecule has 0 spiro atoms. The van der Waals surface area contributed by atoms with Gasteiger partial charge in [-0.05, 0) is 49.2 Å². The molecule has 1 saturated heterocycles. The number of hydrogen-bond acceptors (Lipinski definition) is 5. The van der Waals surface area contributed by atoms with Crippen LogP contribution in [0.4, 0.5) is 5.69 Å². The van der Waals surface area contributed by atoms with Crippen LogP contribution >= 0.6 is 0 Å². The highest BCUT2D eigenvalue weighted by atomic mass is 16.5. The molecule has 2 aromatic carbocycles. The topological polar surface area (TPSA) is 105 Å². The van der Waals surface area contributed by atoms with Crippen molar-refractivity contribution >= 4 is 29.4 Å². The summed E-state index contributed by atoms with van der Waals surface area (Å²) in [6, 6.07) is 14.0. The van der Waals surface area contributed by atoms with Crippen LogP contribution in [0.3, 0.4) is 0 Å². The highest BCUT2D eigenvalue weighted by Crippen LogP contribution is 2.27. The van der Waals surface area contributed by atoms with Crippen molar-refractivity contribution in [3.63, 3.8) is 0 Å². The highest BCUT2D eigenvalue weighted by Gasteiger charge is 2.36. The van der Waals surface area contributed by atoms with Crippen molar-refractivity contribution in [2.45, 2.75) is 20.3 Å². The molecule has 0 aromatic heterocycles. The van der Waals surface area contributed by atoms with Gasteiger partial charge in [-0.15, -0.1) is 0 Å². The molecule has 2 aromatic rings. The summed E-state index contributed by atoms with van der Waals surface area (Å²) in [4.78, 5) is 49.9. The van der Waals surface area contributed by atoms with Crippen LogP contribution in [0.15, 0.2) is 48.5 Å². The third-order valence-corrected chi connectivity index (χ3v) is 4.96. The Morgan fingerprint density at radius 2 is 1.77 bits per heavy atom. The lowest BCUT2D eigenvalue weighted by molar-refractivity contribution is -0.152. The van der Waals surface area contributed by atoms with Crippen LogP contribution in [0, 0.1) is 19.8 Å². The van der Waals surface area contributed by atoms with E-state index in [0.717, 1.165) is 16.8 Å². The van der Waals surface area contributed by atoms with E-state index in [-0.39, 0.29) is 18.9 Å². The summed E-state index contributed by atoms with van der Waals surface area (Å²) in [5.74, 6) is -2.60. The Balaban J connectivity index is 1.46. The number of benzene rings is 2. The van der Waals surface area contributed by atoms with Crippen molar-refractivity contribution in [3.05, 3.63) is 65.2 Å². The summed E-state index contributed by atoms with van der Waals surface area (Å²) in [7, 11) is 0. The first-order valence-electron chi connectivity index (χ1n) is 9.53. The molecule has 0 saturated carbocycles. The molecule has 8 nitrogen and oxygen atoms in total. The van der Waals surface area contributed by atoms with E-state index in [1.165, 1.54) is 0 Å². The zero-order valence-electron chi connectivity index (χ0n) is 16.8. The Hall–Kier alpha value is -3.68. The monoisotopic (exact) mass is 409 g/mol. The van der Waals surface area contributed by atoms with Gasteiger partial charge in [-0.2, -0.15) is 0 Å². The molecule has 0 aliphatic carbocycles. The van der Waals surface area contributed by atoms with E-state index in [4.69, 9.17) is 4.74 Å². The maximum absolute atomic E-state index is 12.3. The van der Waals surface area contributed by atoms with Crippen molar-refractivity contribution in [1.82, 2.24) is 10.9 Å². The van der Waals surface area contributed by atoms with Gasteiger partial charge in [0.2, 0.25) is 5.91 Å². The second-order valence-electron chi connectivity index (χ2n) is 7.15. The van der Waals surface area contributed by atoms with E-state index in [9.17, 15) is 19.2 Å². The van der Waals surface area contributed by atoms with E-state index in [1.807, 2.05) is 32.0 Å². The Morgan fingerprint density at radius 1 is 1.03 bits per heavy atom. The first-order valence-corrected chi connectivity index (χ1v) is 9.53. The van der Waals surface area contributed by atoms with Crippen molar-refractivity contribution in [2.24, 2.45) is 5.92 Å². The van der Waals surface area contributed by atoms with Gasteiger partial charge in [0, 0.05) is 24.2 Å². The lowest BCUT2D eigenvalue weighted by Crippen LogP contribution is -2.43. The smallest absolute Gasteiger partial charge is 0.311 e. The highest BCUT2D eigenvalue weighted by molar-refractivity contribution is 6.00. The number of hydrazine groups is 1. The van der Waals surface area contributed by atoms with Crippen molar-refractivity contribution in [3.8, 4) is 0 Å². The average Bonchev–Trinajstić information content (AvgIpc) is 3.14. The number of carbonyl (C=O) groups is 4. The van der Waals surface area contributed by atoms with Gasteiger partial charge < -0.3 is 9.64 Å². The quantitative estimate of drug-likeness (QED) is 0.577. The molecule has 0 unspecified atom stereocenters. The van der Waals surface area contributed by atoms with Gasteiger partial charge >= 0.3 is 5.97 Å². The fourth-order valence-corrected chi connectivity index (χ4v) is 3.09. The molecule has 0 bridgehead atoms. The number of carbonyl (C=O) groups excluding carboxylic acids is 4. The Bertz CT molecular complexity index is 974. The summed E-state index contributed by atoms with van der Waals surface area (Å²) >= 11 is 0. The number of hydrogen-bond donors (Lipinski definition) is 2. The van der Waals surface area contributed by atoms with Gasteiger partial charge in [0.05, 0.1) is 5.92 Å². The Labute approximate surface area is 174 Å². The van der Waals surface area contributed by atoms with Crippen LogP contribution < -0.4 is 15.8 Å². The number of rotatable bonds is 5. The van der Waals surface area contributed by atoms with Gasteiger partial charge in [-0.25, -0.2) is 0 Å². The van der Waals surface area contributed by atoms with E-state index in [1.54, 1.807) is 35.2 Å². The molecule has 0 radical (unpaired) electrons. The van der Waals surface area contributed by atoms with E-state index in [2.05, 4.69) is 10.9 Å². The fraction of sp³-hybridized carbons (Fsp3) is 0.273. The molecule has 1 atom stereocenters. The van der Waals surface area contributed by atoms with Gasteiger partial charge in [-0.3, -0.25) is 30.0 Å². The molecule has 1 aliphatic heterocycles. The van der Waals surface area contributed by atoms with Crippen molar-refractivity contribution in [2.75, 3.05) is 18.1 Å². The Kier molecular flexibility index (Phi) is 6.46. The number of aryl methyl sites for hydroxylation is 2. The van der Waals surface area contributed by atoms with Crippen LogP contribution in [0.1, 0.15) is 27.9 Å². The molecule has 1 heterocycles. The minimum absolute atomic E-state index is 0.0259. The summed E-state index contributed by atoms with van der Waals surface area (Å²) in [5, 5.41) is 0. The SMILES string of the molecule is Cc1ccc(N2C[C@H](C(=O)OCC(=O)NNC(=O)c3ccccc3)CC2=O)cc1C. The lowest BCUT2D eigenvalue weighted by atomic mass is 10.1. The predicted molar refractivity (Wildman–Crippen MR) is 109 cm³/mol. The molecule has 30 heavy (non-hydrogen) atoms. The summed E-state index contributed by atoms with van der Waals surface area (Å²) in [6.45, 7) is 3.59. The van der Waals surface area contributed by atoms with E-state index >= 15 is 0 Å². The number of esters is 1. The van der Waals surface area contributed by atoms with Crippen LogP contribution in [-0.2, 0) is 19.1 Å². The molecule has 2 N–H and O–H groups in total. The zero-order chi connectivity index (χ0) is 21.7. The number of anilines is 1. The van der Waals surface area contributed by atoms with Crippen molar-refractivity contribution < 1.29 is 23.9 Å². The maximum atomic E-state index is 12.3. The second-order valence-corrected chi connectivity index (χ2v) is 7.15. The van der Waals surface area contributed by atoms with Crippen LogP contribution in [-0.4, -0.2) is 36.8 Å². The molecule has 1 aliphatic rings. The van der Waals surface area contributed by atoms with Gasteiger partial charge in [-0.1, -0.05) is 24.3 Å². The first kappa shape index (κ1) is 21.0. The number of nitrogens with one attached hydrogen (secondary N) is 2. The van der Waals surface area contributed by atoms with Crippen LogP contribution in [0.25, 0.3) is 0 Å². The largest absolute Gasteiger partial charge is 0.455 e. The third kappa shape index (κ3) is 5.02. The van der Waals surface area contributed by atoms with Gasteiger partial charge in [0.15, 0.2) is 6.61 Å². The second kappa shape index (κ2) is 9.21. The number of nitrogens with zero attached hydrogens (tertiary/aromatic N) is 1. The Morgan fingerprint density at radius 3 is 2.47 bits per heavy atom. The predicted octanol–water partition coefficient (Wildman–Crippen LogP) is 1.66. The molecule has 1 fully saturated rings. The third-order valence-electron chi connectivity index (χ3n) is 4.96. The minimum atomic E-state index is -0.678. The van der Waals surface area contributed by atoms with Gasteiger partial charge in [0.25, 0.3) is 11.8 Å². The molecular weight excluding hydrogens is 386 g/mol. The van der Waals surface area contributed by atoms with E-state index in [0.29, 0.717) is 5.56 Å².